The van der Waals surface area contributed by atoms with Gasteiger partial charge in [-0.1, -0.05) is 45.0 Å². The van der Waals surface area contributed by atoms with Crippen molar-refractivity contribution in [2.45, 2.75) is 70.0 Å². The van der Waals surface area contributed by atoms with Crippen LogP contribution in [0.1, 0.15) is 64.0 Å². The zero-order valence-electron chi connectivity index (χ0n) is 14.4. The normalized spacial score (nSPS) is 23.3. The summed E-state index contributed by atoms with van der Waals surface area (Å²) in [6.45, 7) is 7.29. The Morgan fingerprint density at radius 1 is 1.22 bits per heavy atom. The van der Waals surface area contributed by atoms with E-state index in [9.17, 15) is 4.79 Å². The van der Waals surface area contributed by atoms with Crippen LogP contribution in [0.4, 0.5) is 0 Å². The molecule has 0 aromatic heterocycles. The van der Waals surface area contributed by atoms with Crippen molar-refractivity contribution in [3.8, 4) is 0 Å². The van der Waals surface area contributed by atoms with Gasteiger partial charge in [-0.25, -0.2) is 10.3 Å². The fourth-order valence-electron chi connectivity index (χ4n) is 3.08. The van der Waals surface area contributed by atoms with Crippen molar-refractivity contribution in [1.82, 2.24) is 5.48 Å². The van der Waals surface area contributed by atoms with Crippen molar-refractivity contribution in [1.29, 1.82) is 0 Å². The summed E-state index contributed by atoms with van der Waals surface area (Å²) in [7, 11) is 0. The third-order valence-corrected chi connectivity index (χ3v) is 4.91. The van der Waals surface area contributed by atoms with Crippen LogP contribution in [0.25, 0.3) is 0 Å². The van der Waals surface area contributed by atoms with Gasteiger partial charge in [0, 0.05) is 13.0 Å². The van der Waals surface area contributed by atoms with Crippen LogP contribution >= 0.6 is 0 Å². The summed E-state index contributed by atoms with van der Waals surface area (Å²) in [6.07, 6.45) is 4.45. The monoisotopic (exact) mass is 317 g/mol. The quantitative estimate of drug-likeness (QED) is 0.863. The molecule has 0 radical (unpaired) electrons. The van der Waals surface area contributed by atoms with E-state index in [0.717, 1.165) is 37.7 Å². The molecule has 23 heavy (non-hydrogen) atoms. The highest BCUT2D eigenvalue weighted by Crippen LogP contribution is 2.48. The third-order valence-electron chi connectivity index (χ3n) is 4.91. The molecule has 4 nitrogen and oxygen atoms in total. The van der Waals surface area contributed by atoms with Gasteiger partial charge in [-0.2, -0.15) is 0 Å². The summed E-state index contributed by atoms with van der Waals surface area (Å²) < 4.78 is 5.48. The van der Waals surface area contributed by atoms with Crippen molar-refractivity contribution in [2.75, 3.05) is 6.61 Å². The molecule has 0 bridgehead atoms. The Hall–Kier alpha value is -1.39. The topological polar surface area (TPSA) is 47.6 Å². The van der Waals surface area contributed by atoms with E-state index < -0.39 is 5.41 Å². The third kappa shape index (κ3) is 3.59. The highest BCUT2D eigenvalue weighted by atomic mass is 16.8. The summed E-state index contributed by atoms with van der Waals surface area (Å²) in [6, 6.07) is 8.44. The molecule has 3 rings (SSSR count). The molecule has 1 aliphatic carbocycles. The highest BCUT2D eigenvalue weighted by molar-refractivity contribution is 5.90. The number of ether oxygens (including phenoxy) is 1. The van der Waals surface area contributed by atoms with Crippen molar-refractivity contribution in [2.24, 2.45) is 0 Å². The van der Waals surface area contributed by atoms with Gasteiger partial charge in [-0.3, -0.25) is 4.79 Å². The molecule has 1 heterocycles. The lowest BCUT2D eigenvalue weighted by molar-refractivity contribution is -0.201. The number of hydrogen-bond donors (Lipinski definition) is 1. The lowest BCUT2D eigenvalue weighted by atomic mass is 9.85. The van der Waals surface area contributed by atoms with E-state index in [1.807, 2.05) is 0 Å². The first-order valence-corrected chi connectivity index (χ1v) is 8.61. The Labute approximate surface area is 138 Å². The summed E-state index contributed by atoms with van der Waals surface area (Å²) in [4.78, 5) is 18.0. The van der Waals surface area contributed by atoms with E-state index in [1.165, 1.54) is 5.56 Å². The van der Waals surface area contributed by atoms with Gasteiger partial charge in [0.05, 0.1) is 5.41 Å². The lowest BCUT2D eigenvalue weighted by Crippen LogP contribution is -2.39. The number of carbonyl (C=O) groups excluding carboxylic acids is 1. The van der Waals surface area contributed by atoms with E-state index >= 15 is 0 Å². The largest absolute Gasteiger partial charge is 0.350 e. The number of amides is 1. The Morgan fingerprint density at radius 2 is 1.91 bits per heavy atom. The van der Waals surface area contributed by atoms with Gasteiger partial charge in [-0.15, -0.1) is 0 Å². The second kappa shape index (κ2) is 6.25. The molecule has 1 atom stereocenters. The molecule has 1 saturated heterocycles. The SMILES string of the molecule is CC(C)(C)c1ccc(C2(C(=O)NOC3CCCCO3)CC2)cc1. The van der Waals surface area contributed by atoms with E-state index in [2.05, 4.69) is 50.5 Å². The van der Waals surface area contributed by atoms with Gasteiger partial charge in [0.1, 0.15) is 0 Å². The predicted octanol–water partition coefficient (Wildman–Crippen LogP) is 3.59. The van der Waals surface area contributed by atoms with Gasteiger partial charge in [-0.05, 0) is 42.2 Å². The minimum Gasteiger partial charge on any atom is -0.350 e. The van der Waals surface area contributed by atoms with Crippen LogP contribution in [0.2, 0.25) is 0 Å². The number of nitrogens with one attached hydrogen (secondary N) is 1. The molecule has 1 amide bonds. The molecule has 1 aliphatic heterocycles. The zero-order chi connectivity index (χ0) is 16.5. The molecule has 4 heteroatoms. The molecule has 126 valence electrons. The average molecular weight is 317 g/mol. The maximum atomic E-state index is 12.6. The predicted molar refractivity (Wildman–Crippen MR) is 88.9 cm³/mol. The number of rotatable bonds is 4. The number of carbonyl (C=O) groups is 1. The maximum absolute atomic E-state index is 12.6. The summed E-state index contributed by atoms with van der Waals surface area (Å²) in [5.74, 6) is -0.0461. The molecule has 0 spiro atoms. The van der Waals surface area contributed by atoms with Crippen LogP contribution in [0.5, 0.6) is 0 Å². The molecular formula is C19H27NO3. The van der Waals surface area contributed by atoms with E-state index in [-0.39, 0.29) is 17.6 Å². The zero-order valence-corrected chi connectivity index (χ0v) is 14.4. The maximum Gasteiger partial charge on any atom is 0.254 e. The molecular weight excluding hydrogens is 290 g/mol. The van der Waals surface area contributed by atoms with Crippen LogP contribution in [0.15, 0.2) is 24.3 Å². The Balaban J connectivity index is 1.63. The van der Waals surface area contributed by atoms with Crippen LogP contribution in [-0.4, -0.2) is 18.8 Å². The van der Waals surface area contributed by atoms with E-state index in [0.29, 0.717) is 6.61 Å². The number of hydroxylamine groups is 1. The fraction of sp³-hybridized carbons (Fsp3) is 0.632. The van der Waals surface area contributed by atoms with Gasteiger partial charge in [0.15, 0.2) is 6.29 Å². The molecule has 2 aliphatic rings. The summed E-state index contributed by atoms with van der Waals surface area (Å²) in [5.41, 5.74) is 4.71. The molecule has 1 saturated carbocycles. The van der Waals surface area contributed by atoms with Gasteiger partial charge >= 0.3 is 0 Å². The molecule has 1 unspecified atom stereocenters. The van der Waals surface area contributed by atoms with Crippen LogP contribution < -0.4 is 5.48 Å². The fourth-order valence-corrected chi connectivity index (χ4v) is 3.08. The van der Waals surface area contributed by atoms with Crippen LogP contribution in [-0.2, 0) is 25.2 Å². The van der Waals surface area contributed by atoms with Crippen molar-refractivity contribution in [3.63, 3.8) is 0 Å². The number of benzene rings is 1. The molecule has 1 aromatic carbocycles. The Kier molecular flexibility index (Phi) is 4.47. The first kappa shape index (κ1) is 16.5. The molecule has 2 fully saturated rings. The van der Waals surface area contributed by atoms with Gasteiger partial charge in [0.25, 0.3) is 5.91 Å². The Morgan fingerprint density at radius 3 is 2.43 bits per heavy atom. The van der Waals surface area contributed by atoms with E-state index in [4.69, 9.17) is 9.57 Å². The smallest absolute Gasteiger partial charge is 0.254 e. The minimum absolute atomic E-state index is 0.0461. The Bertz CT molecular complexity index is 549. The lowest BCUT2D eigenvalue weighted by Gasteiger charge is -2.24. The van der Waals surface area contributed by atoms with Crippen molar-refractivity contribution >= 4 is 5.91 Å². The van der Waals surface area contributed by atoms with E-state index in [1.54, 1.807) is 0 Å². The number of hydrogen-bond acceptors (Lipinski definition) is 3. The molecule has 1 aromatic rings. The van der Waals surface area contributed by atoms with Crippen molar-refractivity contribution in [3.05, 3.63) is 35.4 Å². The first-order chi connectivity index (χ1) is 10.9. The second-order valence-corrected chi connectivity index (χ2v) is 7.75. The average Bonchev–Trinajstić information content (AvgIpc) is 3.35. The second-order valence-electron chi connectivity index (χ2n) is 7.75. The first-order valence-electron chi connectivity index (χ1n) is 8.61. The summed E-state index contributed by atoms with van der Waals surface area (Å²) in [5, 5.41) is 0. The van der Waals surface area contributed by atoms with Crippen molar-refractivity contribution < 1.29 is 14.4 Å². The van der Waals surface area contributed by atoms with Crippen LogP contribution in [0, 0.1) is 0 Å². The van der Waals surface area contributed by atoms with Gasteiger partial charge in [0.2, 0.25) is 0 Å². The van der Waals surface area contributed by atoms with Crippen LogP contribution in [0.3, 0.4) is 0 Å². The summed E-state index contributed by atoms with van der Waals surface area (Å²) >= 11 is 0. The minimum atomic E-state index is -0.412. The standard InChI is InChI=1S/C19H27NO3/c1-18(2,3)14-7-9-15(10-8-14)19(11-12-19)17(21)20-23-16-6-4-5-13-22-16/h7-10,16H,4-6,11-13H2,1-3H3,(H,20,21). The molecule has 1 N–H and O–H groups in total. The highest BCUT2D eigenvalue weighted by Gasteiger charge is 2.51. The van der Waals surface area contributed by atoms with Gasteiger partial charge < -0.3 is 4.74 Å².